The van der Waals surface area contributed by atoms with Gasteiger partial charge in [0.15, 0.2) is 0 Å². The minimum absolute atomic E-state index is 0.0322. The maximum atomic E-state index is 11.1. The van der Waals surface area contributed by atoms with Gasteiger partial charge in [-0.1, -0.05) is 38.1 Å². The zero-order valence-corrected chi connectivity index (χ0v) is 19.2. The molecule has 0 radical (unpaired) electrons. The van der Waals surface area contributed by atoms with Gasteiger partial charge in [0.1, 0.15) is 5.75 Å². The van der Waals surface area contributed by atoms with Crippen LogP contribution in [-0.4, -0.2) is 66.3 Å². The third-order valence-corrected chi connectivity index (χ3v) is 6.31. The summed E-state index contributed by atoms with van der Waals surface area (Å²) in [5, 5.41) is 10.3. The van der Waals surface area contributed by atoms with Crippen LogP contribution in [0.1, 0.15) is 19.4 Å². The Hall–Kier alpha value is -3.25. The molecule has 168 valence electrons. The molecule has 0 spiro atoms. The molecule has 0 fully saturated rings. The average Bonchev–Trinajstić information content (AvgIpc) is 3.20. The van der Waals surface area contributed by atoms with E-state index >= 15 is 0 Å². The van der Waals surface area contributed by atoms with Crippen LogP contribution in [0, 0.1) is 5.41 Å². The van der Waals surface area contributed by atoms with Crippen molar-refractivity contribution >= 4 is 22.6 Å². The van der Waals surface area contributed by atoms with E-state index in [1.165, 1.54) is 21.4 Å². The second-order valence-electron chi connectivity index (χ2n) is 9.13. The molecule has 3 aromatic rings. The fourth-order valence-corrected chi connectivity index (χ4v) is 4.58. The number of carboxylic acid groups (broad SMARTS) is 1. The Kier molecular flexibility index (Phi) is 5.98. The summed E-state index contributed by atoms with van der Waals surface area (Å²) < 4.78 is 5.53. The van der Waals surface area contributed by atoms with Gasteiger partial charge in [-0.15, -0.1) is 0 Å². The van der Waals surface area contributed by atoms with Crippen LogP contribution in [-0.2, 0) is 0 Å². The van der Waals surface area contributed by atoms with Crippen LogP contribution in [0.5, 0.6) is 5.75 Å². The van der Waals surface area contributed by atoms with Gasteiger partial charge >= 0.3 is 6.09 Å². The highest BCUT2D eigenvalue weighted by Gasteiger charge is 2.31. The maximum absolute atomic E-state index is 11.1. The summed E-state index contributed by atoms with van der Waals surface area (Å²) in [6.45, 7) is 7.47. The molecular formula is C26H31N3O3. The first-order chi connectivity index (χ1) is 15.3. The van der Waals surface area contributed by atoms with Crippen molar-refractivity contribution in [3.8, 4) is 17.0 Å². The van der Waals surface area contributed by atoms with E-state index in [4.69, 9.17) is 9.84 Å². The van der Waals surface area contributed by atoms with Gasteiger partial charge in [-0.2, -0.15) is 0 Å². The largest absolute Gasteiger partial charge is 0.496 e. The highest BCUT2D eigenvalue weighted by atomic mass is 16.5. The van der Waals surface area contributed by atoms with Crippen LogP contribution >= 0.6 is 0 Å². The lowest BCUT2D eigenvalue weighted by atomic mass is 9.77. The Balaban J connectivity index is 1.58. The minimum Gasteiger partial charge on any atom is -0.496 e. The normalized spacial score (nSPS) is 16.1. The van der Waals surface area contributed by atoms with Gasteiger partial charge in [0, 0.05) is 55.1 Å². The number of hydrogen-bond donors (Lipinski definition) is 2. The lowest BCUT2D eigenvalue weighted by molar-refractivity contribution is 0.144. The molecule has 1 amide bonds. The van der Waals surface area contributed by atoms with E-state index in [-0.39, 0.29) is 5.41 Å². The number of methoxy groups -OCH3 is 1. The smallest absolute Gasteiger partial charge is 0.407 e. The van der Waals surface area contributed by atoms with E-state index in [0.717, 1.165) is 42.2 Å². The summed E-state index contributed by atoms with van der Waals surface area (Å²) in [5.74, 6) is 0.851. The van der Waals surface area contributed by atoms with E-state index in [1.807, 2.05) is 18.2 Å². The zero-order chi connectivity index (χ0) is 22.9. The number of rotatable bonds is 6. The number of likely N-dealkylation sites (N-methyl/N-ethyl adjacent to an activating group) is 1. The van der Waals surface area contributed by atoms with Crippen LogP contribution in [0.15, 0.2) is 54.6 Å². The van der Waals surface area contributed by atoms with Crippen molar-refractivity contribution in [3.05, 3.63) is 60.2 Å². The number of aromatic amines is 1. The quantitative estimate of drug-likeness (QED) is 0.562. The van der Waals surface area contributed by atoms with Gasteiger partial charge < -0.3 is 19.7 Å². The number of nitrogens with zero attached hydrogens (tertiary/aromatic N) is 2. The molecule has 1 aliphatic heterocycles. The molecule has 4 rings (SSSR count). The molecule has 1 aliphatic rings. The lowest BCUT2D eigenvalue weighted by Crippen LogP contribution is -2.43. The fraction of sp³-hybridized carbons (Fsp3) is 0.346. The molecule has 0 aliphatic carbocycles. The predicted octanol–water partition coefficient (Wildman–Crippen LogP) is 5.18. The first-order valence-corrected chi connectivity index (χ1v) is 10.9. The van der Waals surface area contributed by atoms with Crippen molar-refractivity contribution in [2.45, 2.75) is 13.8 Å². The maximum Gasteiger partial charge on any atom is 0.407 e. The number of fused-ring (bicyclic) bond motifs is 1. The molecule has 6 heteroatoms. The van der Waals surface area contributed by atoms with Gasteiger partial charge in [-0.25, -0.2) is 4.79 Å². The molecule has 0 saturated carbocycles. The van der Waals surface area contributed by atoms with E-state index < -0.39 is 6.09 Å². The molecule has 0 unspecified atom stereocenters. The highest BCUT2D eigenvalue weighted by molar-refractivity contribution is 5.90. The summed E-state index contributed by atoms with van der Waals surface area (Å²) in [6, 6.07) is 16.8. The van der Waals surface area contributed by atoms with Crippen molar-refractivity contribution in [1.29, 1.82) is 0 Å². The second-order valence-corrected chi connectivity index (χ2v) is 9.13. The topological polar surface area (TPSA) is 68.8 Å². The lowest BCUT2D eigenvalue weighted by Gasteiger charge is -2.39. The zero-order valence-electron chi connectivity index (χ0n) is 19.2. The summed E-state index contributed by atoms with van der Waals surface area (Å²) in [4.78, 5) is 18.2. The van der Waals surface area contributed by atoms with Crippen molar-refractivity contribution in [3.63, 3.8) is 0 Å². The standard InChI is InChI=1S/C26H31N3O3/c1-26(2)17-29(14-13-28(3)25(30)31)12-11-21(26)18-9-10-22-19(15-18)16-23(27-22)20-7-5-6-8-24(20)32-4/h5-11,15-16,27H,12-14,17H2,1-4H3,(H,30,31). The average molecular weight is 434 g/mol. The number of para-hydroxylation sites is 1. The molecule has 6 nitrogen and oxygen atoms in total. The minimum atomic E-state index is -0.884. The summed E-state index contributed by atoms with van der Waals surface area (Å²) >= 11 is 0. The molecule has 2 aromatic carbocycles. The van der Waals surface area contributed by atoms with Crippen molar-refractivity contribution < 1.29 is 14.6 Å². The Labute approximate surface area is 189 Å². The number of benzene rings is 2. The SMILES string of the molecule is COc1ccccc1-c1cc2cc(C3=CCN(CCN(C)C(=O)O)CC3(C)C)ccc2[nH]1. The Morgan fingerprint density at radius 1 is 1.22 bits per heavy atom. The van der Waals surface area contributed by atoms with Crippen LogP contribution in [0.25, 0.3) is 27.7 Å². The number of amides is 1. The summed E-state index contributed by atoms with van der Waals surface area (Å²) in [7, 11) is 3.31. The molecule has 0 atom stereocenters. The molecule has 32 heavy (non-hydrogen) atoms. The van der Waals surface area contributed by atoms with Crippen LogP contribution in [0.2, 0.25) is 0 Å². The van der Waals surface area contributed by atoms with Gasteiger partial charge in [-0.05, 0) is 41.5 Å². The van der Waals surface area contributed by atoms with Gasteiger partial charge in [-0.3, -0.25) is 4.90 Å². The van der Waals surface area contributed by atoms with E-state index in [1.54, 1.807) is 14.2 Å². The van der Waals surface area contributed by atoms with E-state index in [2.05, 4.69) is 60.1 Å². The van der Waals surface area contributed by atoms with Crippen LogP contribution in [0.4, 0.5) is 4.79 Å². The van der Waals surface area contributed by atoms with Gasteiger partial charge in [0.05, 0.1) is 12.8 Å². The van der Waals surface area contributed by atoms with Gasteiger partial charge in [0.25, 0.3) is 0 Å². The molecular weight excluding hydrogens is 402 g/mol. The highest BCUT2D eigenvalue weighted by Crippen LogP contribution is 2.39. The summed E-state index contributed by atoms with van der Waals surface area (Å²) in [5.41, 5.74) is 5.72. The third kappa shape index (κ3) is 4.36. The monoisotopic (exact) mass is 433 g/mol. The second kappa shape index (κ2) is 8.71. The number of carbonyl (C=O) groups is 1. The number of aromatic nitrogens is 1. The number of nitrogens with one attached hydrogen (secondary N) is 1. The predicted molar refractivity (Wildman–Crippen MR) is 129 cm³/mol. The van der Waals surface area contributed by atoms with Crippen molar-refractivity contribution in [2.24, 2.45) is 5.41 Å². The third-order valence-electron chi connectivity index (χ3n) is 6.31. The van der Waals surface area contributed by atoms with Crippen molar-refractivity contribution in [2.75, 3.05) is 40.3 Å². The fourth-order valence-electron chi connectivity index (χ4n) is 4.58. The first-order valence-electron chi connectivity index (χ1n) is 10.9. The molecule has 2 heterocycles. The van der Waals surface area contributed by atoms with Gasteiger partial charge in [0.2, 0.25) is 0 Å². The Bertz CT molecular complexity index is 1160. The van der Waals surface area contributed by atoms with E-state index in [9.17, 15) is 4.79 Å². The van der Waals surface area contributed by atoms with E-state index in [0.29, 0.717) is 6.54 Å². The molecule has 2 N–H and O–H groups in total. The molecule has 1 aromatic heterocycles. The Morgan fingerprint density at radius 3 is 2.72 bits per heavy atom. The molecule has 0 saturated heterocycles. The first kappa shape index (κ1) is 22.0. The van der Waals surface area contributed by atoms with Crippen molar-refractivity contribution in [1.82, 2.24) is 14.8 Å². The summed E-state index contributed by atoms with van der Waals surface area (Å²) in [6.07, 6.45) is 1.41. The van der Waals surface area contributed by atoms with Crippen LogP contribution in [0.3, 0.4) is 0 Å². The molecule has 0 bridgehead atoms. The number of hydrogen-bond acceptors (Lipinski definition) is 3. The Morgan fingerprint density at radius 2 is 2.00 bits per heavy atom. The number of ether oxygens (including phenoxy) is 1. The van der Waals surface area contributed by atoms with Crippen LogP contribution < -0.4 is 4.74 Å². The number of H-pyrrole nitrogens is 1.